The van der Waals surface area contributed by atoms with Crippen molar-refractivity contribution in [3.8, 4) is 11.1 Å². The van der Waals surface area contributed by atoms with E-state index in [-0.39, 0.29) is 17.7 Å². The maximum absolute atomic E-state index is 13.6. The van der Waals surface area contributed by atoms with E-state index >= 15 is 0 Å². The Bertz CT molecular complexity index is 654. The topological polar surface area (TPSA) is 26.0 Å². The zero-order valence-electron chi connectivity index (χ0n) is 9.78. The Morgan fingerprint density at radius 1 is 0.750 bits per heavy atom. The summed E-state index contributed by atoms with van der Waals surface area (Å²) in [4.78, 5) is 0. The van der Waals surface area contributed by atoms with Gasteiger partial charge in [-0.2, -0.15) is 0 Å². The van der Waals surface area contributed by atoms with Crippen LogP contribution in [0, 0.1) is 34.9 Å². The monoisotopic (exact) mass is 291 g/mol. The van der Waals surface area contributed by atoms with E-state index in [9.17, 15) is 26.3 Å². The van der Waals surface area contributed by atoms with E-state index in [0.29, 0.717) is 0 Å². The Morgan fingerprint density at radius 3 is 1.75 bits per heavy atom. The van der Waals surface area contributed by atoms with Crippen LogP contribution in [0.2, 0.25) is 0 Å². The average molecular weight is 291 g/mol. The molecule has 0 heterocycles. The highest BCUT2D eigenvalue weighted by molar-refractivity contribution is 5.69. The van der Waals surface area contributed by atoms with Gasteiger partial charge in [0.05, 0.1) is 5.56 Å². The molecule has 0 spiro atoms. The van der Waals surface area contributed by atoms with E-state index in [0.717, 1.165) is 18.2 Å². The van der Waals surface area contributed by atoms with Gasteiger partial charge in [-0.1, -0.05) is 6.07 Å². The molecule has 2 N–H and O–H groups in total. The molecule has 0 aliphatic heterocycles. The fourth-order valence-corrected chi connectivity index (χ4v) is 1.82. The summed E-state index contributed by atoms with van der Waals surface area (Å²) in [6.45, 7) is -0.327. The van der Waals surface area contributed by atoms with Crippen LogP contribution in [0.15, 0.2) is 18.2 Å². The minimum absolute atomic E-state index is 0.0757. The molecule has 106 valence electrons. The molecule has 0 aliphatic rings. The van der Waals surface area contributed by atoms with E-state index in [1.54, 1.807) is 0 Å². The minimum atomic E-state index is -2.25. The predicted molar refractivity (Wildman–Crippen MR) is 59.5 cm³/mol. The number of hydrogen-bond donors (Lipinski definition) is 1. The van der Waals surface area contributed by atoms with Gasteiger partial charge in [0.25, 0.3) is 0 Å². The third-order valence-electron chi connectivity index (χ3n) is 2.77. The zero-order valence-corrected chi connectivity index (χ0v) is 9.78. The smallest absolute Gasteiger partial charge is 0.200 e. The largest absolute Gasteiger partial charge is 0.326 e. The maximum atomic E-state index is 13.6. The SMILES string of the molecule is NCc1cc(F)ccc1-c1c(F)c(F)c(F)c(F)c1F. The zero-order chi connectivity index (χ0) is 15.0. The predicted octanol–water partition coefficient (Wildman–Crippen LogP) is 3.65. The standard InChI is InChI=1S/C13H7F6N/c14-6-1-2-7(5(3-6)4-20)8-9(15)11(17)13(19)12(18)10(8)16/h1-3H,4,20H2. The molecule has 0 unspecified atom stereocenters. The van der Waals surface area contributed by atoms with Gasteiger partial charge in [-0.15, -0.1) is 0 Å². The minimum Gasteiger partial charge on any atom is -0.326 e. The van der Waals surface area contributed by atoms with Gasteiger partial charge in [-0.3, -0.25) is 0 Å². The molecule has 0 radical (unpaired) electrons. The molecule has 0 bridgehead atoms. The van der Waals surface area contributed by atoms with Crippen molar-refractivity contribution >= 4 is 0 Å². The molecule has 1 nitrogen and oxygen atoms in total. The molecule has 2 aromatic carbocycles. The quantitative estimate of drug-likeness (QED) is 0.510. The van der Waals surface area contributed by atoms with Gasteiger partial charge in [0.2, 0.25) is 5.82 Å². The Hall–Kier alpha value is -2.02. The van der Waals surface area contributed by atoms with Gasteiger partial charge < -0.3 is 5.73 Å². The van der Waals surface area contributed by atoms with E-state index < -0.39 is 40.5 Å². The maximum Gasteiger partial charge on any atom is 0.200 e. The lowest BCUT2D eigenvalue weighted by molar-refractivity contribution is 0.381. The lowest BCUT2D eigenvalue weighted by atomic mass is 9.98. The molecule has 0 atom stereocenters. The van der Waals surface area contributed by atoms with Crippen molar-refractivity contribution in [1.82, 2.24) is 0 Å². The fourth-order valence-electron chi connectivity index (χ4n) is 1.82. The summed E-state index contributed by atoms with van der Waals surface area (Å²) in [5.41, 5.74) is 3.75. The second-order valence-corrected chi connectivity index (χ2v) is 3.95. The van der Waals surface area contributed by atoms with Crippen LogP contribution in [0.5, 0.6) is 0 Å². The van der Waals surface area contributed by atoms with Crippen LogP contribution in [-0.2, 0) is 6.54 Å². The summed E-state index contributed by atoms with van der Waals surface area (Å²) in [6, 6.07) is 2.62. The molecule has 0 fully saturated rings. The van der Waals surface area contributed by atoms with Crippen LogP contribution < -0.4 is 5.73 Å². The molecule has 0 aliphatic carbocycles. The molecule has 2 rings (SSSR count). The molecule has 0 saturated heterocycles. The summed E-state index contributed by atoms with van der Waals surface area (Å²) in [6.07, 6.45) is 0. The molecule has 0 saturated carbocycles. The van der Waals surface area contributed by atoms with Crippen molar-refractivity contribution in [3.05, 3.63) is 58.7 Å². The van der Waals surface area contributed by atoms with Crippen molar-refractivity contribution in [3.63, 3.8) is 0 Å². The molecule has 2 aromatic rings. The molecule has 7 heteroatoms. The lowest BCUT2D eigenvalue weighted by Gasteiger charge is -2.12. The molecule has 0 aromatic heterocycles. The summed E-state index contributed by atoms with van der Waals surface area (Å²) < 4.78 is 79.5. The van der Waals surface area contributed by atoms with Crippen LogP contribution in [-0.4, -0.2) is 0 Å². The molecule has 0 amide bonds. The fraction of sp³-hybridized carbons (Fsp3) is 0.0769. The van der Waals surface area contributed by atoms with E-state index in [2.05, 4.69) is 0 Å². The van der Waals surface area contributed by atoms with Crippen LogP contribution in [0.3, 0.4) is 0 Å². The first-order chi connectivity index (χ1) is 9.38. The number of nitrogens with two attached hydrogens (primary N) is 1. The van der Waals surface area contributed by atoms with E-state index in [1.165, 1.54) is 0 Å². The van der Waals surface area contributed by atoms with Gasteiger partial charge in [0, 0.05) is 6.54 Å². The third-order valence-corrected chi connectivity index (χ3v) is 2.77. The van der Waals surface area contributed by atoms with Gasteiger partial charge in [0.1, 0.15) is 5.82 Å². The molecular weight excluding hydrogens is 284 g/mol. The van der Waals surface area contributed by atoms with Crippen molar-refractivity contribution in [2.24, 2.45) is 5.73 Å². The summed E-state index contributed by atoms with van der Waals surface area (Å²) >= 11 is 0. The first kappa shape index (κ1) is 14.4. The summed E-state index contributed by atoms with van der Waals surface area (Å²) in [7, 11) is 0. The van der Waals surface area contributed by atoms with Gasteiger partial charge in [0.15, 0.2) is 23.3 Å². The number of hydrogen-bond acceptors (Lipinski definition) is 1. The van der Waals surface area contributed by atoms with Crippen molar-refractivity contribution in [2.45, 2.75) is 6.54 Å². The van der Waals surface area contributed by atoms with Gasteiger partial charge in [-0.05, 0) is 23.3 Å². The highest BCUT2D eigenvalue weighted by Gasteiger charge is 2.27. The van der Waals surface area contributed by atoms with Crippen molar-refractivity contribution in [1.29, 1.82) is 0 Å². The highest BCUT2D eigenvalue weighted by Crippen LogP contribution is 2.33. The van der Waals surface area contributed by atoms with E-state index in [4.69, 9.17) is 5.73 Å². The Labute approximate surface area is 109 Å². The van der Waals surface area contributed by atoms with E-state index in [1.807, 2.05) is 0 Å². The van der Waals surface area contributed by atoms with Crippen LogP contribution in [0.25, 0.3) is 11.1 Å². The van der Waals surface area contributed by atoms with Gasteiger partial charge >= 0.3 is 0 Å². The Morgan fingerprint density at radius 2 is 1.25 bits per heavy atom. The molecule has 20 heavy (non-hydrogen) atoms. The van der Waals surface area contributed by atoms with Crippen LogP contribution in [0.4, 0.5) is 26.3 Å². The second kappa shape index (κ2) is 5.16. The number of halogens is 6. The average Bonchev–Trinajstić information content (AvgIpc) is 2.44. The number of rotatable bonds is 2. The first-order valence-corrected chi connectivity index (χ1v) is 5.38. The third kappa shape index (κ3) is 2.14. The van der Waals surface area contributed by atoms with Crippen LogP contribution >= 0.6 is 0 Å². The molecular formula is C13H7F6N. The second-order valence-electron chi connectivity index (χ2n) is 3.95. The van der Waals surface area contributed by atoms with Crippen molar-refractivity contribution in [2.75, 3.05) is 0 Å². The number of benzene rings is 2. The van der Waals surface area contributed by atoms with Gasteiger partial charge in [-0.25, -0.2) is 26.3 Å². The van der Waals surface area contributed by atoms with Crippen LogP contribution in [0.1, 0.15) is 5.56 Å². The summed E-state index contributed by atoms with van der Waals surface area (Å²) in [5.74, 6) is -11.1. The Kier molecular flexibility index (Phi) is 3.71. The Balaban J connectivity index is 2.83. The summed E-state index contributed by atoms with van der Waals surface area (Å²) in [5, 5.41) is 0. The normalized spacial score (nSPS) is 10.9. The first-order valence-electron chi connectivity index (χ1n) is 5.38. The highest BCUT2D eigenvalue weighted by atomic mass is 19.2. The van der Waals surface area contributed by atoms with Crippen molar-refractivity contribution < 1.29 is 26.3 Å². The lowest BCUT2D eigenvalue weighted by Crippen LogP contribution is -2.07.